The highest BCUT2D eigenvalue weighted by molar-refractivity contribution is 6.18. The molecule has 106 valence electrons. The van der Waals surface area contributed by atoms with E-state index in [-0.39, 0.29) is 22.8 Å². The zero-order valence-corrected chi connectivity index (χ0v) is 11.6. The SMILES string of the molecule is O=C(c1ccccc1)c1ccnnc1C(=O)c1ccccc1. The van der Waals surface area contributed by atoms with Crippen molar-refractivity contribution >= 4 is 11.6 Å². The molecule has 1 aromatic heterocycles. The second-order valence-electron chi connectivity index (χ2n) is 4.68. The molecule has 4 heteroatoms. The molecule has 0 fully saturated rings. The van der Waals surface area contributed by atoms with Crippen LogP contribution in [0.5, 0.6) is 0 Å². The molecule has 4 nitrogen and oxygen atoms in total. The Morgan fingerprint density at radius 2 is 1.23 bits per heavy atom. The topological polar surface area (TPSA) is 59.9 Å². The Kier molecular flexibility index (Phi) is 3.83. The van der Waals surface area contributed by atoms with Crippen LogP contribution in [0, 0.1) is 0 Å². The van der Waals surface area contributed by atoms with E-state index in [0.717, 1.165) is 0 Å². The molecule has 0 N–H and O–H groups in total. The van der Waals surface area contributed by atoms with Gasteiger partial charge in [0.2, 0.25) is 5.78 Å². The third-order valence-corrected chi connectivity index (χ3v) is 3.25. The van der Waals surface area contributed by atoms with Crippen LogP contribution in [-0.4, -0.2) is 21.8 Å². The number of aromatic nitrogens is 2. The summed E-state index contributed by atoms with van der Waals surface area (Å²) in [6.07, 6.45) is 1.41. The van der Waals surface area contributed by atoms with Gasteiger partial charge in [-0.15, -0.1) is 5.10 Å². The minimum absolute atomic E-state index is 0.0718. The van der Waals surface area contributed by atoms with Gasteiger partial charge < -0.3 is 0 Å². The minimum Gasteiger partial charge on any atom is -0.289 e. The largest absolute Gasteiger partial charge is 0.289 e. The summed E-state index contributed by atoms with van der Waals surface area (Å²) in [6.45, 7) is 0. The van der Waals surface area contributed by atoms with E-state index in [2.05, 4.69) is 10.2 Å². The van der Waals surface area contributed by atoms with Crippen molar-refractivity contribution in [2.75, 3.05) is 0 Å². The van der Waals surface area contributed by atoms with Gasteiger partial charge in [0.05, 0.1) is 11.8 Å². The molecular formula is C18H12N2O2. The Bertz CT molecular complexity index is 744. The van der Waals surface area contributed by atoms with Gasteiger partial charge in [-0.25, -0.2) is 0 Å². The summed E-state index contributed by atoms with van der Waals surface area (Å²) in [7, 11) is 0. The number of hydrogen-bond acceptors (Lipinski definition) is 4. The summed E-state index contributed by atoms with van der Waals surface area (Å²) < 4.78 is 0. The van der Waals surface area contributed by atoms with Gasteiger partial charge in [-0.3, -0.25) is 9.59 Å². The zero-order chi connectivity index (χ0) is 15.4. The molecule has 0 amide bonds. The van der Waals surface area contributed by atoms with E-state index in [1.54, 1.807) is 48.5 Å². The lowest BCUT2D eigenvalue weighted by Gasteiger charge is -2.06. The second kappa shape index (κ2) is 6.10. The summed E-state index contributed by atoms with van der Waals surface area (Å²) in [5, 5.41) is 7.63. The molecule has 22 heavy (non-hydrogen) atoms. The van der Waals surface area contributed by atoms with Crippen LogP contribution in [0.1, 0.15) is 32.0 Å². The molecule has 0 radical (unpaired) electrons. The second-order valence-corrected chi connectivity index (χ2v) is 4.68. The monoisotopic (exact) mass is 288 g/mol. The highest BCUT2D eigenvalue weighted by Crippen LogP contribution is 2.15. The first-order chi connectivity index (χ1) is 10.8. The molecule has 0 bridgehead atoms. The third kappa shape index (κ3) is 2.67. The molecule has 0 aliphatic rings. The highest BCUT2D eigenvalue weighted by Gasteiger charge is 2.21. The molecule has 0 aliphatic heterocycles. The first kappa shape index (κ1) is 13.8. The van der Waals surface area contributed by atoms with Crippen molar-refractivity contribution in [1.82, 2.24) is 10.2 Å². The Hall–Kier alpha value is -3.14. The van der Waals surface area contributed by atoms with Crippen LogP contribution in [0.25, 0.3) is 0 Å². The molecule has 3 aromatic rings. The van der Waals surface area contributed by atoms with Crippen molar-refractivity contribution in [2.24, 2.45) is 0 Å². The van der Waals surface area contributed by atoms with Gasteiger partial charge >= 0.3 is 0 Å². The van der Waals surface area contributed by atoms with Gasteiger partial charge in [0.1, 0.15) is 5.69 Å². The minimum atomic E-state index is -0.312. The van der Waals surface area contributed by atoms with Crippen LogP contribution >= 0.6 is 0 Å². The Morgan fingerprint density at radius 1 is 0.682 bits per heavy atom. The fourth-order valence-electron chi connectivity index (χ4n) is 2.15. The summed E-state index contributed by atoms with van der Waals surface area (Å²) >= 11 is 0. The Morgan fingerprint density at radius 3 is 1.82 bits per heavy atom. The van der Waals surface area contributed by atoms with E-state index >= 15 is 0 Å². The van der Waals surface area contributed by atoms with Gasteiger partial charge in [-0.05, 0) is 6.07 Å². The van der Waals surface area contributed by atoms with Gasteiger partial charge in [-0.2, -0.15) is 5.10 Å². The number of benzene rings is 2. The van der Waals surface area contributed by atoms with E-state index < -0.39 is 0 Å². The average Bonchev–Trinajstić information content (AvgIpc) is 2.62. The Balaban J connectivity index is 2.04. The molecule has 0 atom stereocenters. The molecule has 0 unspecified atom stereocenters. The molecule has 3 rings (SSSR count). The predicted octanol–water partition coefficient (Wildman–Crippen LogP) is 2.94. The first-order valence-electron chi connectivity index (χ1n) is 6.78. The summed E-state index contributed by atoms with van der Waals surface area (Å²) in [6, 6.07) is 19.1. The molecule has 0 saturated heterocycles. The summed E-state index contributed by atoms with van der Waals surface area (Å²) in [4.78, 5) is 25.1. The van der Waals surface area contributed by atoms with Gasteiger partial charge in [0.25, 0.3) is 0 Å². The van der Waals surface area contributed by atoms with E-state index in [0.29, 0.717) is 11.1 Å². The van der Waals surface area contributed by atoms with Crippen LogP contribution in [0.2, 0.25) is 0 Å². The lowest BCUT2D eigenvalue weighted by atomic mass is 9.98. The number of ketones is 2. The maximum atomic E-state index is 12.6. The van der Waals surface area contributed by atoms with E-state index in [9.17, 15) is 9.59 Å². The maximum absolute atomic E-state index is 12.6. The maximum Gasteiger partial charge on any atom is 0.214 e. The van der Waals surface area contributed by atoms with Crippen molar-refractivity contribution in [3.8, 4) is 0 Å². The fourth-order valence-corrected chi connectivity index (χ4v) is 2.15. The number of rotatable bonds is 4. The number of carbonyl (C=O) groups excluding carboxylic acids is 2. The third-order valence-electron chi connectivity index (χ3n) is 3.25. The van der Waals surface area contributed by atoms with Crippen molar-refractivity contribution < 1.29 is 9.59 Å². The van der Waals surface area contributed by atoms with E-state index in [1.165, 1.54) is 12.3 Å². The molecule has 2 aromatic carbocycles. The van der Waals surface area contributed by atoms with Crippen molar-refractivity contribution in [1.29, 1.82) is 0 Å². The predicted molar refractivity (Wildman–Crippen MR) is 81.8 cm³/mol. The van der Waals surface area contributed by atoms with Crippen molar-refractivity contribution in [3.05, 3.63) is 95.3 Å². The molecular weight excluding hydrogens is 276 g/mol. The van der Waals surface area contributed by atoms with Gasteiger partial charge in [0.15, 0.2) is 5.78 Å². The Labute approximate surface area is 127 Å². The van der Waals surface area contributed by atoms with Crippen LogP contribution in [0.4, 0.5) is 0 Å². The fraction of sp³-hybridized carbons (Fsp3) is 0. The van der Waals surface area contributed by atoms with E-state index in [4.69, 9.17) is 0 Å². The normalized spacial score (nSPS) is 10.2. The standard InChI is InChI=1S/C18H12N2O2/c21-17(13-7-3-1-4-8-13)15-11-12-19-20-16(15)18(22)14-9-5-2-6-10-14/h1-12H. The molecule has 0 saturated carbocycles. The lowest BCUT2D eigenvalue weighted by Crippen LogP contribution is -2.14. The molecule has 1 heterocycles. The average molecular weight is 288 g/mol. The van der Waals surface area contributed by atoms with Gasteiger partial charge in [-0.1, -0.05) is 60.7 Å². The highest BCUT2D eigenvalue weighted by atomic mass is 16.1. The first-order valence-corrected chi connectivity index (χ1v) is 6.78. The smallest absolute Gasteiger partial charge is 0.214 e. The summed E-state index contributed by atoms with van der Waals surface area (Å²) in [5.41, 5.74) is 1.32. The van der Waals surface area contributed by atoms with E-state index in [1.807, 2.05) is 12.1 Å². The van der Waals surface area contributed by atoms with Gasteiger partial charge in [0, 0.05) is 11.1 Å². The van der Waals surface area contributed by atoms with Crippen LogP contribution in [0.3, 0.4) is 0 Å². The number of nitrogens with zero attached hydrogens (tertiary/aromatic N) is 2. The summed E-state index contributed by atoms with van der Waals surface area (Å²) in [5.74, 6) is -0.553. The van der Waals surface area contributed by atoms with Crippen molar-refractivity contribution in [2.45, 2.75) is 0 Å². The molecule has 0 aliphatic carbocycles. The lowest BCUT2D eigenvalue weighted by molar-refractivity contribution is 0.0998. The van der Waals surface area contributed by atoms with Crippen LogP contribution in [0.15, 0.2) is 72.9 Å². The zero-order valence-electron chi connectivity index (χ0n) is 11.6. The molecule has 0 spiro atoms. The van der Waals surface area contributed by atoms with Crippen molar-refractivity contribution in [3.63, 3.8) is 0 Å². The van der Waals surface area contributed by atoms with Crippen LogP contribution in [-0.2, 0) is 0 Å². The van der Waals surface area contributed by atoms with Crippen LogP contribution < -0.4 is 0 Å². The number of carbonyl (C=O) groups is 2. The quantitative estimate of drug-likeness (QED) is 0.692. The number of hydrogen-bond donors (Lipinski definition) is 0.